The number of hydrogen-bond acceptors (Lipinski definition) is 4. The minimum absolute atomic E-state index is 0.0385. The molecule has 1 fully saturated rings. The summed E-state index contributed by atoms with van der Waals surface area (Å²) in [6, 6.07) is 12.0. The van der Waals surface area contributed by atoms with Crippen LogP contribution in [-0.2, 0) is 20.7 Å². The second kappa shape index (κ2) is 10.7. The molecule has 2 amide bonds. The summed E-state index contributed by atoms with van der Waals surface area (Å²) in [6.07, 6.45) is 2.05. The lowest BCUT2D eigenvalue weighted by atomic mass is 9.93. The maximum Gasteiger partial charge on any atom is 0.256 e. The Kier molecular flexibility index (Phi) is 7.21. The molecule has 5 rings (SSSR count). The normalized spacial score (nSPS) is 16.6. The number of carbonyl (C=O) groups excluding carboxylic acids is 2. The largest absolute Gasteiger partial charge is 0.379 e. The van der Waals surface area contributed by atoms with Gasteiger partial charge < -0.3 is 20.4 Å². The van der Waals surface area contributed by atoms with Crippen molar-refractivity contribution in [3.63, 3.8) is 0 Å². The summed E-state index contributed by atoms with van der Waals surface area (Å²) in [7, 11) is 0. The lowest BCUT2D eigenvalue weighted by molar-refractivity contribution is -0.120. The monoisotopic (exact) mass is 502 g/mol. The van der Waals surface area contributed by atoms with Gasteiger partial charge in [0.05, 0.1) is 25.2 Å². The molecule has 0 atom stereocenters. The van der Waals surface area contributed by atoms with Crippen molar-refractivity contribution in [3.8, 4) is 11.1 Å². The number of anilines is 1. The molecule has 1 aromatic heterocycles. The fourth-order valence-electron chi connectivity index (χ4n) is 5.06. The average Bonchev–Trinajstić information content (AvgIpc) is 3.35. The highest BCUT2D eigenvalue weighted by atomic mass is 19.1. The molecular weight excluding hydrogens is 471 g/mol. The van der Waals surface area contributed by atoms with Crippen LogP contribution in [0.1, 0.15) is 28.1 Å². The van der Waals surface area contributed by atoms with Crippen molar-refractivity contribution in [1.82, 2.24) is 15.2 Å². The van der Waals surface area contributed by atoms with E-state index in [1.165, 1.54) is 6.07 Å². The Morgan fingerprint density at radius 1 is 1.11 bits per heavy atom. The maximum absolute atomic E-state index is 14.7. The highest BCUT2D eigenvalue weighted by Crippen LogP contribution is 2.41. The molecule has 3 N–H and O–H groups in total. The molecule has 0 radical (unpaired) electrons. The molecule has 37 heavy (non-hydrogen) atoms. The van der Waals surface area contributed by atoms with Crippen LogP contribution in [0.3, 0.4) is 0 Å². The zero-order valence-corrected chi connectivity index (χ0v) is 21.1. The number of halogens is 1. The van der Waals surface area contributed by atoms with Gasteiger partial charge in [-0.1, -0.05) is 30.3 Å². The van der Waals surface area contributed by atoms with Crippen molar-refractivity contribution in [2.24, 2.45) is 0 Å². The number of rotatable bonds is 7. The third kappa shape index (κ3) is 5.21. The molecule has 7 nitrogen and oxygen atoms in total. The fourth-order valence-corrected chi connectivity index (χ4v) is 5.06. The van der Waals surface area contributed by atoms with Crippen LogP contribution in [0.4, 0.5) is 10.1 Å². The van der Waals surface area contributed by atoms with Gasteiger partial charge in [-0.3, -0.25) is 14.5 Å². The second-order valence-electron chi connectivity index (χ2n) is 9.47. The summed E-state index contributed by atoms with van der Waals surface area (Å²) < 4.78 is 20.0. The number of amides is 2. The molecule has 0 spiro atoms. The van der Waals surface area contributed by atoms with Crippen LogP contribution in [0.5, 0.6) is 0 Å². The lowest BCUT2D eigenvalue weighted by Crippen LogP contribution is -2.41. The van der Waals surface area contributed by atoms with Crippen molar-refractivity contribution in [1.29, 1.82) is 0 Å². The molecule has 3 aromatic rings. The quantitative estimate of drug-likeness (QED) is 0.428. The Labute approximate surface area is 215 Å². The molecule has 192 valence electrons. The number of carbonyl (C=O) groups is 2. The van der Waals surface area contributed by atoms with Gasteiger partial charge in [-0.15, -0.1) is 0 Å². The van der Waals surface area contributed by atoms with E-state index >= 15 is 0 Å². The Morgan fingerprint density at radius 2 is 1.86 bits per heavy atom. The molecule has 0 unspecified atom stereocenters. The molecule has 2 aromatic carbocycles. The van der Waals surface area contributed by atoms with E-state index in [0.717, 1.165) is 55.4 Å². The van der Waals surface area contributed by atoms with Crippen LogP contribution in [0.2, 0.25) is 0 Å². The van der Waals surface area contributed by atoms with Crippen molar-refractivity contribution in [3.05, 3.63) is 76.4 Å². The molecule has 2 aliphatic heterocycles. The predicted octanol–water partition coefficient (Wildman–Crippen LogP) is 3.92. The summed E-state index contributed by atoms with van der Waals surface area (Å²) in [5.41, 5.74) is 6.35. The highest BCUT2D eigenvalue weighted by Gasteiger charge is 2.28. The van der Waals surface area contributed by atoms with Crippen LogP contribution < -0.4 is 10.6 Å². The number of ether oxygens (including phenoxy) is 1. The van der Waals surface area contributed by atoms with Gasteiger partial charge in [-0.05, 0) is 48.7 Å². The predicted molar refractivity (Wildman–Crippen MR) is 143 cm³/mol. The minimum atomic E-state index is -0.344. The van der Waals surface area contributed by atoms with E-state index in [-0.39, 0.29) is 24.1 Å². The van der Waals surface area contributed by atoms with Gasteiger partial charge in [0, 0.05) is 54.4 Å². The molecule has 0 bridgehead atoms. The Hall–Kier alpha value is -3.75. The molecular formula is C29H31FN4O3. The third-order valence-corrected chi connectivity index (χ3v) is 7.10. The highest BCUT2D eigenvalue weighted by molar-refractivity contribution is 6.36. The van der Waals surface area contributed by atoms with Crippen molar-refractivity contribution >= 4 is 29.2 Å². The standard InChI is InChI=1S/C29H31FN4O3/c1-18-22(17-27(35)31-10-11-34-12-14-37-15-13-34)19(2)32-26(18)16-23-28-21(20-6-3-4-8-24(20)30)7-5-9-25(28)33-29(23)36/h3-9,16,32H,10-15,17H2,1-2H3,(H,31,35)(H,33,36). The number of nitrogens with one attached hydrogen (secondary N) is 3. The second-order valence-corrected chi connectivity index (χ2v) is 9.47. The Bertz CT molecular complexity index is 1370. The molecule has 8 heteroatoms. The third-order valence-electron chi connectivity index (χ3n) is 7.10. The summed E-state index contributed by atoms with van der Waals surface area (Å²) in [4.78, 5) is 31.3. The topological polar surface area (TPSA) is 86.5 Å². The van der Waals surface area contributed by atoms with Crippen LogP contribution >= 0.6 is 0 Å². The number of H-pyrrole nitrogens is 1. The first-order valence-electron chi connectivity index (χ1n) is 12.6. The van der Waals surface area contributed by atoms with E-state index in [4.69, 9.17) is 4.74 Å². The Balaban J connectivity index is 1.37. The maximum atomic E-state index is 14.7. The van der Waals surface area contributed by atoms with E-state index in [2.05, 4.69) is 20.5 Å². The van der Waals surface area contributed by atoms with Gasteiger partial charge in [-0.25, -0.2) is 4.39 Å². The van der Waals surface area contributed by atoms with Gasteiger partial charge in [0.15, 0.2) is 0 Å². The van der Waals surface area contributed by atoms with Crippen LogP contribution in [-0.4, -0.2) is 61.1 Å². The number of aromatic nitrogens is 1. The number of benzene rings is 2. The molecule has 3 heterocycles. The minimum Gasteiger partial charge on any atom is -0.379 e. The van der Waals surface area contributed by atoms with Crippen molar-refractivity contribution in [2.45, 2.75) is 20.3 Å². The summed E-state index contributed by atoms with van der Waals surface area (Å²) in [5.74, 6) is -0.625. The van der Waals surface area contributed by atoms with Crippen LogP contribution in [0, 0.1) is 19.7 Å². The molecule has 0 saturated carbocycles. The first kappa shape index (κ1) is 24.9. The number of nitrogens with zero attached hydrogens (tertiary/aromatic N) is 1. The van der Waals surface area contributed by atoms with E-state index in [1.807, 2.05) is 32.0 Å². The summed E-state index contributed by atoms with van der Waals surface area (Å²) in [6.45, 7) is 8.51. The van der Waals surface area contributed by atoms with E-state index < -0.39 is 0 Å². The van der Waals surface area contributed by atoms with Gasteiger partial charge in [0.1, 0.15) is 5.82 Å². The van der Waals surface area contributed by atoms with Gasteiger partial charge in [0.25, 0.3) is 5.91 Å². The fraction of sp³-hybridized carbons (Fsp3) is 0.310. The van der Waals surface area contributed by atoms with Gasteiger partial charge >= 0.3 is 0 Å². The van der Waals surface area contributed by atoms with E-state index in [1.54, 1.807) is 24.3 Å². The van der Waals surface area contributed by atoms with Crippen molar-refractivity contribution < 1.29 is 18.7 Å². The SMILES string of the molecule is Cc1[nH]c(C=C2C(=O)Nc3cccc(-c4ccccc4F)c32)c(C)c1CC(=O)NCCN1CCOCC1. The number of aryl methyl sites for hydroxylation is 1. The van der Waals surface area contributed by atoms with E-state index in [9.17, 15) is 14.0 Å². The lowest BCUT2D eigenvalue weighted by Gasteiger charge is -2.26. The summed E-state index contributed by atoms with van der Waals surface area (Å²) >= 11 is 0. The molecule has 1 saturated heterocycles. The number of morpholine rings is 1. The molecule has 2 aliphatic rings. The summed E-state index contributed by atoms with van der Waals surface area (Å²) in [5, 5.41) is 5.92. The zero-order chi connectivity index (χ0) is 25.9. The Morgan fingerprint density at radius 3 is 2.65 bits per heavy atom. The van der Waals surface area contributed by atoms with Crippen LogP contribution in [0.15, 0.2) is 42.5 Å². The first-order chi connectivity index (χ1) is 17.9. The zero-order valence-electron chi connectivity index (χ0n) is 21.1. The van der Waals surface area contributed by atoms with E-state index in [0.29, 0.717) is 34.5 Å². The number of fused-ring (bicyclic) bond motifs is 1. The smallest absolute Gasteiger partial charge is 0.256 e. The first-order valence-corrected chi connectivity index (χ1v) is 12.6. The molecule has 0 aliphatic carbocycles. The number of hydrogen-bond donors (Lipinski definition) is 3. The van der Waals surface area contributed by atoms with Crippen LogP contribution in [0.25, 0.3) is 22.8 Å². The van der Waals surface area contributed by atoms with Crippen molar-refractivity contribution in [2.75, 3.05) is 44.7 Å². The number of aromatic amines is 1. The average molecular weight is 503 g/mol. The van der Waals surface area contributed by atoms with Gasteiger partial charge in [0.2, 0.25) is 5.91 Å². The van der Waals surface area contributed by atoms with Gasteiger partial charge in [-0.2, -0.15) is 0 Å².